The quantitative estimate of drug-likeness (QED) is 0.869. The number of aromatic carboxylic acids is 1. The van der Waals surface area contributed by atoms with Gasteiger partial charge in [-0.3, -0.25) is 4.90 Å². The first-order valence-corrected chi connectivity index (χ1v) is 6.06. The topological polar surface area (TPSA) is 53.4 Å². The van der Waals surface area contributed by atoms with Gasteiger partial charge in [-0.1, -0.05) is 13.0 Å². The third-order valence-corrected chi connectivity index (χ3v) is 3.36. The molecule has 1 aromatic heterocycles. The Hall–Kier alpha value is -1.42. The summed E-state index contributed by atoms with van der Waals surface area (Å²) in [5, 5.41) is 9.06. The molecule has 2 rings (SSSR count). The Kier molecular flexibility index (Phi) is 3.74. The summed E-state index contributed by atoms with van der Waals surface area (Å²) in [6.07, 6.45) is 3.93. The molecule has 0 saturated carbocycles. The average molecular weight is 234 g/mol. The van der Waals surface area contributed by atoms with Crippen molar-refractivity contribution in [2.24, 2.45) is 5.92 Å². The van der Waals surface area contributed by atoms with Crippen LogP contribution in [0, 0.1) is 5.92 Å². The summed E-state index contributed by atoms with van der Waals surface area (Å²) in [7, 11) is 0. The maximum absolute atomic E-state index is 11.0. The van der Waals surface area contributed by atoms with Crippen molar-refractivity contribution in [2.45, 2.75) is 26.3 Å². The number of carboxylic acid groups (broad SMARTS) is 1. The zero-order valence-electron chi connectivity index (χ0n) is 10.1. The van der Waals surface area contributed by atoms with E-state index < -0.39 is 5.97 Å². The van der Waals surface area contributed by atoms with Crippen molar-refractivity contribution in [1.29, 1.82) is 0 Å². The van der Waals surface area contributed by atoms with E-state index in [2.05, 4.69) is 16.8 Å². The minimum absolute atomic E-state index is 0.186. The fourth-order valence-corrected chi connectivity index (χ4v) is 2.22. The van der Waals surface area contributed by atoms with Crippen molar-refractivity contribution in [3.05, 3.63) is 29.6 Å². The van der Waals surface area contributed by atoms with E-state index >= 15 is 0 Å². The lowest BCUT2D eigenvalue weighted by Crippen LogP contribution is -2.32. The molecule has 2 heterocycles. The predicted octanol–water partition coefficient (Wildman–Crippen LogP) is 2.01. The molecule has 1 saturated heterocycles. The van der Waals surface area contributed by atoms with Gasteiger partial charge in [0.1, 0.15) is 0 Å². The molecule has 1 N–H and O–H groups in total. The smallest absolute Gasteiger partial charge is 0.354 e. The Morgan fingerprint density at radius 2 is 2.24 bits per heavy atom. The molecule has 92 valence electrons. The summed E-state index contributed by atoms with van der Waals surface area (Å²) < 4.78 is 0. The molecule has 0 radical (unpaired) electrons. The van der Waals surface area contributed by atoms with Gasteiger partial charge in [-0.15, -0.1) is 0 Å². The largest absolute Gasteiger partial charge is 0.477 e. The van der Waals surface area contributed by atoms with E-state index in [9.17, 15) is 4.79 Å². The van der Waals surface area contributed by atoms with Crippen molar-refractivity contribution >= 4 is 5.97 Å². The fourth-order valence-electron chi connectivity index (χ4n) is 2.22. The predicted molar refractivity (Wildman–Crippen MR) is 64.9 cm³/mol. The number of pyridine rings is 1. The molecule has 0 unspecified atom stereocenters. The van der Waals surface area contributed by atoms with Crippen LogP contribution in [0.3, 0.4) is 0 Å². The summed E-state index contributed by atoms with van der Waals surface area (Å²) in [5.41, 5.74) is 1.00. The molecule has 1 aromatic rings. The first kappa shape index (κ1) is 12.0. The third-order valence-electron chi connectivity index (χ3n) is 3.36. The number of hydrogen-bond donors (Lipinski definition) is 1. The molecule has 1 aliphatic heterocycles. The molecule has 0 bridgehead atoms. The van der Waals surface area contributed by atoms with E-state index in [0.717, 1.165) is 24.6 Å². The highest BCUT2D eigenvalue weighted by molar-refractivity contribution is 5.86. The van der Waals surface area contributed by atoms with Crippen molar-refractivity contribution in [1.82, 2.24) is 9.88 Å². The first-order valence-electron chi connectivity index (χ1n) is 6.06. The Balaban J connectivity index is 2.05. The second-order valence-electron chi connectivity index (χ2n) is 4.77. The molecular weight excluding hydrogens is 216 g/mol. The SMILES string of the molecule is CC1CCN(Cc2cccnc2C(=O)O)CC1. The number of piperidine rings is 1. The lowest BCUT2D eigenvalue weighted by atomic mass is 9.99. The van der Waals surface area contributed by atoms with Gasteiger partial charge in [-0.05, 0) is 43.5 Å². The number of carboxylic acids is 1. The number of rotatable bonds is 3. The van der Waals surface area contributed by atoms with Crippen LogP contribution in [0.5, 0.6) is 0 Å². The number of nitrogens with zero attached hydrogens (tertiary/aromatic N) is 2. The lowest BCUT2D eigenvalue weighted by Gasteiger charge is -2.30. The van der Waals surface area contributed by atoms with Gasteiger partial charge >= 0.3 is 5.97 Å². The van der Waals surface area contributed by atoms with Crippen LogP contribution in [-0.4, -0.2) is 34.0 Å². The van der Waals surface area contributed by atoms with E-state index in [-0.39, 0.29) is 5.69 Å². The van der Waals surface area contributed by atoms with Gasteiger partial charge in [0.2, 0.25) is 0 Å². The highest BCUT2D eigenvalue weighted by Crippen LogP contribution is 2.18. The normalized spacial score (nSPS) is 18.2. The molecule has 1 aliphatic rings. The summed E-state index contributed by atoms with van der Waals surface area (Å²) >= 11 is 0. The number of aromatic nitrogens is 1. The van der Waals surface area contributed by atoms with E-state index in [1.165, 1.54) is 19.0 Å². The van der Waals surface area contributed by atoms with Crippen LogP contribution in [0.1, 0.15) is 35.8 Å². The van der Waals surface area contributed by atoms with E-state index in [1.54, 1.807) is 6.07 Å². The van der Waals surface area contributed by atoms with Crippen LogP contribution in [0.2, 0.25) is 0 Å². The Morgan fingerprint density at radius 3 is 2.88 bits per heavy atom. The molecule has 0 aliphatic carbocycles. The van der Waals surface area contributed by atoms with E-state index in [4.69, 9.17) is 5.11 Å². The maximum Gasteiger partial charge on any atom is 0.354 e. The molecule has 4 heteroatoms. The van der Waals surface area contributed by atoms with Gasteiger partial charge in [-0.25, -0.2) is 9.78 Å². The minimum atomic E-state index is -0.939. The van der Waals surface area contributed by atoms with Gasteiger partial charge in [0.05, 0.1) is 0 Å². The van der Waals surface area contributed by atoms with Crippen molar-refractivity contribution in [3.8, 4) is 0 Å². The van der Waals surface area contributed by atoms with Crippen LogP contribution < -0.4 is 0 Å². The summed E-state index contributed by atoms with van der Waals surface area (Å²) in [6, 6.07) is 3.66. The molecule has 0 aromatic carbocycles. The van der Waals surface area contributed by atoms with Gasteiger partial charge in [0.25, 0.3) is 0 Å². The molecule has 1 fully saturated rings. The van der Waals surface area contributed by atoms with Crippen molar-refractivity contribution < 1.29 is 9.90 Å². The monoisotopic (exact) mass is 234 g/mol. The Morgan fingerprint density at radius 1 is 1.53 bits per heavy atom. The van der Waals surface area contributed by atoms with Gasteiger partial charge in [0.15, 0.2) is 5.69 Å². The highest BCUT2D eigenvalue weighted by Gasteiger charge is 2.18. The number of carbonyl (C=O) groups is 1. The fraction of sp³-hybridized carbons (Fsp3) is 0.538. The van der Waals surface area contributed by atoms with Gasteiger partial charge in [-0.2, -0.15) is 0 Å². The molecule has 0 spiro atoms. The molecule has 4 nitrogen and oxygen atoms in total. The summed E-state index contributed by atoms with van der Waals surface area (Å²) in [5.74, 6) is -0.148. The lowest BCUT2D eigenvalue weighted by molar-refractivity contribution is 0.0687. The highest BCUT2D eigenvalue weighted by atomic mass is 16.4. The van der Waals surface area contributed by atoms with Crippen LogP contribution in [0.25, 0.3) is 0 Å². The average Bonchev–Trinajstić information content (AvgIpc) is 2.32. The summed E-state index contributed by atoms with van der Waals surface area (Å²) in [4.78, 5) is 17.3. The second-order valence-corrected chi connectivity index (χ2v) is 4.77. The third kappa shape index (κ3) is 3.03. The number of hydrogen-bond acceptors (Lipinski definition) is 3. The minimum Gasteiger partial charge on any atom is -0.477 e. The van der Waals surface area contributed by atoms with Crippen molar-refractivity contribution in [3.63, 3.8) is 0 Å². The van der Waals surface area contributed by atoms with Crippen LogP contribution in [0.15, 0.2) is 18.3 Å². The molecule has 0 atom stereocenters. The molecule has 17 heavy (non-hydrogen) atoms. The van der Waals surface area contributed by atoms with Crippen molar-refractivity contribution in [2.75, 3.05) is 13.1 Å². The second kappa shape index (κ2) is 5.27. The maximum atomic E-state index is 11.0. The first-order chi connectivity index (χ1) is 8.16. The summed E-state index contributed by atoms with van der Waals surface area (Å²) in [6.45, 7) is 5.07. The zero-order chi connectivity index (χ0) is 12.3. The van der Waals surface area contributed by atoms with E-state index in [0.29, 0.717) is 6.54 Å². The Labute approximate surface area is 101 Å². The van der Waals surface area contributed by atoms with Crippen LogP contribution in [0.4, 0.5) is 0 Å². The van der Waals surface area contributed by atoms with Gasteiger partial charge < -0.3 is 5.11 Å². The van der Waals surface area contributed by atoms with Gasteiger partial charge in [0, 0.05) is 12.7 Å². The van der Waals surface area contributed by atoms with E-state index in [1.807, 2.05) is 6.07 Å². The van der Waals surface area contributed by atoms with Crippen LogP contribution in [-0.2, 0) is 6.54 Å². The molecule has 0 amide bonds. The number of likely N-dealkylation sites (tertiary alicyclic amines) is 1. The Bertz CT molecular complexity index is 398. The van der Waals surface area contributed by atoms with Crippen LogP contribution >= 0.6 is 0 Å². The standard InChI is InChI=1S/C13H18N2O2/c1-10-4-7-15(8-5-10)9-11-3-2-6-14-12(11)13(16)17/h2-3,6,10H,4-5,7-9H2,1H3,(H,16,17). The molecular formula is C13H18N2O2. The zero-order valence-corrected chi connectivity index (χ0v) is 10.1.